The van der Waals surface area contributed by atoms with Gasteiger partial charge in [-0.05, 0) is 286 Å². The number of carboxylic acids is 1. The molecule has 0 aromatic carbocycles. The maximum atomic E-state index is 11.5. The van der Waals surface area contributed by atoms with Crippen LogP contribution in [0, 0.1) is 5.92 Å². The number of ether oxygens (including phenoxy) is 10. The van der Waals surface area contributed by atoms with Gasteiger partial charge in [0.15, 0.2) is 0 Å². The van der Waals surface area contributed by atoms with E-state index in [9.17, 15) is 71.7 Å². The van der Waals surface area contributed by atoms with Crippen molar-refractivity contribution in [2.75, 3.05) is 40.0 Å². The van der Waals surface area contributed by atoms with E-state index < -0.39 is 107 Å². The van der Waals surface area contributed by atoms with Gasteiger partial charge in [0.05, 0.1) is 37.6 Å². The number of hydrogen-bond acceptors (Lipinski definition) is 30. The number of nitrogens with one attached hydrogen (secondary N) is 4. The fraction of sp³-hybridized carbons (Fsp3) is 0.854. The van der Waals surface area contributed by atoms with Crippen LogP contribution in [0.1, 0.15) is 411 Å². The number of aliphatic carboxylic acids is 1. The van der Waals surface area contributed by atoms with E-state index in [2.05, 4.69) is 39.6 Å². The molecular weight excluding hydrogens is 1730 g/mol. The monoisotopic (exact) mass is 1920 g/mol. The Bertz CT molecular complexity index is 3260. The summed E-state index contributed by atoms with van der Waals surface area (Å²) < 4.78 is 71.4. The summed E-state index contributed by atoms with van der Waals surface area (Å²) in [7, 11) is -1.41. The second-order valence-corrected chi connectivity index (χ2v) is 43.6. The van der Waals surface area contributed by atoms with Crippen molar-refractivity contribution in [3.05, 3.63) is 0 Å². The molecule has 0 spiro atoms. The Morgan fingerprint density at radius 2 is 0.712 bits per heavy atom. The number of unbranched alkanes of at least 4 members (excludes halogenated alkanes) is 4. The minimum atomic E-state index is -2.79. The maximum absolute atomic E-state index is 11.5. The number of carboxylic acid groups (broad SMARTS) is 1. The number of carbonyl (C=O) groups excluding carboxylic acids is 13. The van der Waals surface area contributed by atoms with Crippen LogP contribution >= 0.6 is 7.60 Å². The highest BCUT2D eigenvalue weighted by molar-refractivity contribution is 7.53. The predicted octanol–water partition coefficient (Wildman–Crippen LogP) is 19.4. The van der Waals surface area contributed by atoms with Gasteiger partial charge in [0, 0.05) is 46.1 Å². The zero-order valence-corrected chi connectivity index (χ0v) is 90.5. The van der Waals surface area contributed by atoms with Crippen molar-refractivity contribution in [3.8, 4) is 0 Å². The van der Waals surface area contributed by atoms with Gasteiger partial charge in [-0.1, -0.05) is 98.8 Å². The van der Waals surface area contributed by atoms with Crippen LogP contribution in [0.3, 0.4) is 0 Å². The third-order valence-electron chi connectivity index (χ3n) is 14.7. The molecule has 1 fully saturated rings. The molecule has 0 bridgehead atoms. The summed E-state index contributed by atoms with van der Waals surface area (Å²) in [5.41, 5.74) is 12.4. The Morgan fingerprint density at radius 3 is 1.03 bits per heavy atom. The standard InChI is InChI=1S/C15H26O4.C11H22N2O3.C11H21NO4.C11H23NO2.C10H21NO2.C9H17NO3.C8H15NO3.C8H16O2.C7H14O2.C6H15O3P/c1-15(2,3)19-14(17)10-9-13(16)18-11-12-7-5-4-6-8-12;1-8(14)9(12)6-5-7-13-10(15)16-11(2,3)4;1-5-6-7-8(9(13)14)12-10(15)16-11(2,3)4;1-5-6-7-8-9(12)10(13)14-11(2,3)4;1-5-6-7-8(11)9(12)13-10(2,3)4;1-7(11)5-6-10-8(12)13-9(2,3)4;1-6(10)5-9-7(11)12-8(2,3)4;1-5-6-7(9)10-8(2,3)4;1-5-6(8)9-7(2,3)4;1-6(2,3)9-10(5,7)8-4/h12H,4-11H2,1-3H3;9H,5-7,12H2,1-4H3,(H,13,15);8H,5-7H2,1-4H3,(H,12,15)(H,13,14);9H,5-8,12H2,1-4H3;8H,5-7,11H2,1-4H3;5-6H2,1-4H3,(H,10,12);5H2,1-4H3,(H,9,11);5-6H2,1-4H3;5H2,1-4H3;1-5H3. The summed E-state index contributed by atoms with van der Waals surface area (Å²) in [6.45, 7) is 71.6. The first-order valence-corrected chi connectivity index (χ1v) is 48.4. The average molecular weight is 1920 g/mol. The molecule has 36 heteroatoms. The normalized spacial score (nSPS) is 13.5. The van der Waals surface area contributed by atoms with Crippen molar-refractivity contribution in [2.24, 2.45) is 23.1 Å². The molecule has 1 aliphatic rings. The highest BCUT2D eigenvalue weighted by Gasteiger charge is 2.29. The quantitative estimate of drug-likeness (QED) is 0.0128. The molecule has 5 atom stereocenters. The van der Waals surface area contributed by atoms with Crippen LogP contribution in [0.4, 0.5) is 19.2 Å². The Labute approximate surface area is 796 Å². The predicted molar refractivity (Wildman–Crippen MR) is 519 cm³/mol. The van der Waals surface area contributed by atoms with Crippen LogP contribution in [0.5, 0.6) is 0 Å². The SMILES string of the molecule is CC(=O)C(N)CCCNC(=O)OC(C)(C)C.CC(=O)CCNC(=O)OC(C)(C)C.CC(=O)CNC(=O)OC(C)(C)C.CC(C)(C)OC(=O)CCC(=O)OCC1CCCCC1.CCC(=O)OC(C)(C)C.CCCC(=O)OC(C)(C)C.CCCCC(N)C(=O)OC(C)(C)C.CCCCC(NC(=O)OC(C)(C)C)C(=O)O.CCCCCC(N)C(=O)OC(C)(C)C.COP(C)(=O)OC(C)(C)C. The molecule has 1 saturated carbocycles. The van der Waals surface area contributed by atoms with Gasteiger partial charge in [-0.3, -0.25) is 47.7 Å². The Hall–Kier alpha value is -7.59. The Balaban J connectivity index is -0.000000183. The van der Waals surface area contributed by atoms with Gasteiger partial charge in [0.1, 0.15) is 85.9 Å². The zero-order valence-electron chi connectivity index (χ0n) is 89.6. The second kappa shape index (κ2) is 73.7. The van der Waals surface area contributed by atoms with Crippen LogP contribution in [0.15, 0.2) is 0 Å². The van der Waals surface area contributed by atoms with Crippen LogP contribution < -0.4 is 38.5 Å². The zero-order chi connectivity index (χ0) is 106. The van der Waals surface area contributed by atoms with Crippen LogP contribution in [-0.4, -0.2) is 209 Å². The van der Waals surface area contributed by atoms with Gasteiger partial charge >= 0.3 is 73.8 Å². The van der Waals surface area contributed by atoms with Crippen LogP contribution in [-0.2, 0) is 109 Å². The van der Waals surface area contributed by atoms with E-state index in [1.165, 1.54) is 53.8 Å². The molecule has 0 aromatic rings. The third-order valence-corrected chi connectivity index (χ3v) is 16.2. The summed E-state index contributed by atoms with van der Waals surface area (Å²) in [5, 5.41) is 18.6. The molecule has 11 N–H and O–H groups in total. The molecule has 0 aromatic heterocycles. The fourth-order valence-corrected chi connectivity index (χ4v) is 10.2. The topological polar surface area (TPSA) is 513 Å². The maximum Gasteiger partial charge on any atom is 0.408 e. The number of Topliss-reactive ketones (excluding diaryl/α,β-unsaturated/α-hetero) is 3. The van der Waals surface area contributed by atoms with Gasteiger partial charge < -0.3 is 100.0 Å². The smallest absolute Gasteiger partial charge is 0.408 e. The lowest BCUT2D eigenvalue weighted by Crippen LogP contribution is -2.43. The Kier molecular flexibility index (Phi) is 79.4. The molecule has 0 heterocycles. The van der Waals surface area contributed by atoms with Gasteiger partial charge in [0.2, 0.25) is 0 Å². The molecule has 1 aliphatic carbocycles. The average Bonchev–Trinajstić information content (AvgIpc) is 0.896. The van der Waals surface area contributed by atoms with E-state index in [0.717, 1.165) is 70.6 Å². The summed E-state index contributed by atoms with van der Waals surface area (Å²) >= 11 is 0. The second-order valence-electron chi connectivity index (χ2n) is 41.5. The molecule has 35 nitrogen and oxygen atoms in total. The van der Waals surface area contributed by atoms with E-state index in [4.69, 9.17) is 74.2 Å². The van der Waals surface area contributed by atoms with Crippen molar-refractivity contribution in [1.29, 1.82) is 0 Å². The van der Waals surface area contributed by atoms with E-state index in [1.54, 1.807) is 90.0 Å². The molecule has 4 amide bonds. The van der Waals surface area contributed by atoms with E-state index in [1.807, 2.05) is 138 Å². The summed E-state index contributed by atoms with van der Waals surface area (Å²) in [6, 6.07) is -2.21. The van der Waals surface area contributed by atoms with Crippen LogP contribution in [0.2, 0.25) is 0 Å². The highest BCUT2D eigenvalue weighted by atomic mass is 31.2. The number of alkyl carbamates (subject to hydrolysis) is 4. The largest absolute Gasteiger partial charge is 0.480 e. The van der Waals surface area contributed by atoms with Crippen molar-refractivity contribution in [3.63, 3.8) is 0 Å². The van der Waals surface area contributed by atoms with Gasteiger partial charge in [-0.2, -0.15) is 0 Å². The number of amides is 4. The summed E-state index contributed by atoms with van der Waals surface area (Å²) in [4.78, 5) is 154. The van der Waals surface area contributed by atoms with Crippen molar-refractivity contribution in [1.82, 2.24) is 21.3 Å². The Morgan fingerprint density at radius 1 is 0.371 bits per heavy atom. The van der Waals surface area contributed by atoms with Gasteiger partial charge in [0.25, 0.3) is 0 Å². The molecule has 0 radical (unpaired) electrons. The fourth-order valence-electron chi connectivity index (χ4n) is 9.12. The first kappa shape index (κ1) is 142. The van der Waals surface area contributed by atoms with E-state index in [-0.39, 0.29) is 83.8 Å². The summed E-state index contributed by atoms with van der Waals surface area (Å²) in [6.07, 6.45) is 16.3. The van der Waals surface area contributed by atoms with Crippen molar-refractivity contribution in [2.45, 2.75) is 491 Å². The molecule has 132 heavy (non-hydrogen) atoms. The number of ketones is 3. The van der Waals surface area contributed by atoms with E-state index in [0.29, 0.717) is 70.6 Å². The lowest BCUT2D eigenvalue weighted by molar-refractivity contribution is -0.158. The third kappa shape index (κ3) is 124. The number of nitrogens with two attached hydrogens (primary N) is 3. The lowest BCUT2D eigenvalue weighted by atomic mass is 9.90. The minimum absolute atomic E-state index is 0.0227. The van der Waals surface area contributed by atoms with Gasteiger partial charge in [-0.25, -0.2) is 24.0 Å². The highest BCUT2D eigenvalue weighted by Crippen LogP contribution is 2.46. The number of hydrogen-bond donors (Lipinski definition) is 8. The summed E-state index contributed by atoms with van der Waals surface area (Å²) in [5.74, 6) is -2.04. The first-order chi connectivity index (χ1) is 59.4. The molecular formula is C96H190N7O28P. The number of esters is 6. The van der Waals surface area contributed by atoms with Crippen LogP contribution in [0.25, 0.3) is 0 Å². The van der Waals surface area contributed by atoms with Crippen molar-refractivity contribution >= 4 is 91.1 Å². The number of carbonyl (C=O) groups is 14. The molecule has 0 saturated heterocycles. The lowest BCUT2D eigenvalue weighted by Gasteiger charge is -2.23. The molecule has 5 unspecified atom stereocenters. The number of rotatable bonds is 34. The minimum Gasteiger partial charge on any atom is -0.480 e. The molecule has 1 rings (SSSR count). The van der Waals surface area contributed by atoms with E-state index >= 15 is 0 Å². The van der Waals surface area contributed by atoms with Gasteiger partial charge in [-0.15, -0.1) is 0 Å². The first-order valence-electron chi connectivity index (χ1n) is 46.4. The molecule has 782 valence electrons. The molecule has 0 aliphatic heterocycles. The van der Waals surface area contributed by atoms with Crippen molar-refractivity contribution < 1.29 is 133 Å².